The predicted molar refractivity (Wildman–Crippen MR) is 177 cm³/mol. The minimum absolute atomic E-state index is 0.0179. The molecule has 2 saturated carbocycles. The first-order valence-electron chi connectivity index (χ1n) is 17.3. The van der Waals surface area contributed by atoms with Crippen molar-refractivity contribution in [3.05, 3.63) is 71.8 Å². The molecular formula is C37H48N4O8. The maximum absolute atomic E-state index is 13.3. The van der Waals surface area contributed by atoms with Gasteiger partial charge in [0.2, 0.25) is 0 Å². The van der Waals surface area contributed by atoms with E-state index in [1.54, 1.807) is 25.0 Å². The molecule has 2 aliphatic carbocycles. The zero-order valence-electron chi connectivity index (χ0n) is 28.9. The van der Waals surface area contributed by atoms with Crippen molar-refractivity contribution < 1.29 is 38.1 Å². The SMILES string of the molecule is CCC(C(=O)OCc1ccc(COC(=O)C(CC)C(COC(=O)C2CC2)c2cncn2C)cc1)C(COC(=O)C1CC1)Cc1cncn1C. The minimum Gasteiger partial charge on any atom is -0.465 e. The smallest absolute Gasteiger partial charge is 0.310 e. The van der Waals surface area contributed by atoms with E-state index in [4.69, 9.17) is 18.9 Å². The summed E-state index contributed by atoms with van der Waals surface area (Å²) in [7, 11) is 3.75. The molecule has 0 N–H and O–H groups in total. The first-order chi connectivity index (χ1) is 23.7. The lowest BCUT2D eigenvalue weighted by molar-refractivity contribution is -0.156. The van der Waals surface area contributed by atoms with Gasteiger partial charge in [0, 0.05) is 49.7 Å². The Morgan fingerprint density at radius 2 is 1.22 bits per heavy atom. The summed E-state index contributed by atoms with van der Waals surface area (Å²) in [6.07, 6.45) is 11.8. The average molecular weight is 677 g/mol. The molecule has 0 aliphatic heterocycles. The van der Waals surface area contributed by atoms with Gasteiger partial charge in [-0.2, -0.15) is 0 Å². The molecule has 0 radical (unpaired) electrons. The van der Waals surface area contributed by atoms with E-state index in [1.807, 2.05) is 61.3 Å². The van der Waals surface area contributed by atoms with Crippen molar-refractivity contribution >= 4 is 23.9 Å². The standard InChI is InChI=1S/C37H48N4O8/c1-5-30(28(15-29-16-38-22-40(29)3)20-48-34(42)26-11-12-26)36(44)46-18-24-7-9-25(10-8-24)19-47-37(45)31(6-2)32(33-17-39-23-41(33)4)21-49-35(43)27-13-14-27/h7-10,16-17,22-23,26-28,30-32H,5-6,11-15,18-21H2,1-4H3. The minimum atomic E-state index is -0.522. The topological polar surface area (TPSA) is 141 Å². The fraction of sp³-hybridized carbons (Fsp3) is 0.568. The molecule has 2 heterocycles. The number of carbonyl (C=O) groups is 4. The second kappa shape index (κ2) is 16.8. The van der Waals surface area contributed by atoms with Crippen molar-refractivity contribution in [2.24, 2.45) is 43.7 Å². The Labute approximate surface area is 287 Å². The van der Waals surface area contributed by atoms with Crippen LogP contribution in [0.4, 0.5) is 0 Å². The van der Waals surface area contributed by atoms with Crippen molar-refractivity contribution in [1.29, 1.82) is 0 Å². The molecular weight excluding hydrogens is 628 g/mol. The Hall–Kier alpha value is -4.48. The number of aryl methyl sites for hydroxylation is 2. The number of imidazole rings is 2. The summed E-state index contributed by atoms with van der Waals surface area (Å²) in [5, 5.41) is 0. The molecule has 4 atom stereocenters. The zero-order valence-corrected chi connectivity index (χ0v) is 28.9. The second-order valence-corrected chi connectivity index (χ2v) is 13.4. The van der Waals surface area contributed by atoms with Crippen LogP contribution in [-0.4, -0.2) is 56.2 Å². The van der Waals surface area contributed by atoms with Gasteiger partial charge in [-0.1, -0.05) is 38.1 Å². The first kappa shape index (κ1) is 35.8. The molecule has 12 nitrogen and oxygen atoms in total. The summed E-state index contributed by atoms with van der Waals surface area (Å²) in [5.41, 5.74) is 3.33. The molecule has 2 aliphatic rings. The monoisotopic (exact) mass is 676 g/mol. The lowest BCUT2D eigenvalue weighted by Crippen LogP contribution is -2.31. The van der Waals surface area contributed by atoms with Gasteiger partial charge in [-0.05, 0) is 56.1 Å². The van der Waals surface area contributed by atoms with Crippen LogP contribution in [0, 0.1) is 29.6 Å². The number of benzene rings is 1. The largest absolute Gasteiger partial charge is 0.465 e. The Morgan fingerprint density at radius 1 is 0.714 bits per heavy atom. The van der Waals surface area contributed by atoms with Crippen molar-refractivity contribution in [1.82, 2.24) is 19.1 Å². The second-order valence-electron chi connectivity index (χ2n) is 13.4. The normalized spacial score (nSPS) is 16.7. The highest BCUT2D eigenvalue weighted by Gasteiger charge is 2.37. The first-order valence-corrected chi connectivity index (χ1v) is 17.3. The quantitative estimate of drug-likeness (QED) is 0.128. The Morgan fingerprint density at radius 3 is 1.69 bits per heavy atom. The van der Waals surface area contributed by atoms with E-state index in [0.717, 1.165) is 48.2 Å². The predicted octanol–water partition coefficient (Wildman–Crippen LogP) is 4.84. The Kier molecular flexibility index (Phi) is 12.2. The Bertz CT molecular complexity index is 1570. The van der Waals surface area contributed by atoms with Gasteiger partial charge in [0.1, 0.15) is 19.8 Å². The molecule has 0 amide bonds. The van der Waals surface area contributed by atoms with Gasteiger partial charge < -0.3 is 28.1 Å². The van der Waals surface area contributed by atoms with E-state index < -0.39 is 11.8 Å². The van der Waals surface area contributed by atoms with Crippen molar-refractivity contribution in [2.75, 3.05) is 13.2 Å². The molecule has 49 heavy (non-hydrogen) atoms. The van der Waals surface area contributed by atoms with Gasteiger partial charge in [-0.15, -0.1) is 0 Å². The van der Waals surface area contributed by atoms with Gasteiger partial charge in [0.05, 0.1) is 42.9 Å². The van der Waals surface area contributed by atoms with Crippen LogP contribution in [0.1, 0.15) is 80.8 Å². The highest BCUT2D eigenvalue weighted by molar-refractivity contribution is 5.76. The van der Waals surface area contributed by atoms with E-state index >= 15 is 0 Å². The summed E-state index contributed by atoms with van der Waals surface area (Å²) in [6.45, 7) is 4.24. The molecule has 5 rings (SSSR count). The highest BCUT2D eigenvalue weighted by Crippen LogP contribution is 2.34. The van der Waals surface area contributed by atoms with Crippen LogP contribution in [0.25, 0.3) is 0 Å². The van der Waals surface area contributed by atoms with Crippen LogP contribution in [-0.2, 0) is 71.9 Å². The lowest BCUT2D eigenvalue weighted by Gasteiger charge is -2.25. The van der Waals surface area contributed by atoms with Crippen LogP contribution in [0.3, 0.4) is 0 Å². The molecule has 264 valence electrons. The fourth-order valence-corrected chi connectivity index (χ4v) is 6.10. The van der Waals surface area contributed by atoms with Crippen LogP contribution in [0.2, 0.25) is 0 Å². The van der Waals surface area contributed by atoms with Crippen LogP contribution >= 0.6 is 0 Å². The van der Waals surface area contributed by atoms with E-state index in [9.17, 15) is 19.2 Å². The van der Waals surface area contributed by atoms with E-state index in [2.05, 4.69) is 9.97 Å². The maximum atomic E-state index is 13.3. The molecule has 2 fully saturated rings. The van der Waals surface area contributed by atoms with E-state index in [1.165, 1.54) is 0 Å². The van der Waals surface area contributed by atoms with Crippen molar-refractivity contribution in [3.63, 3.8) is 0 Å². The number of rotatable bonds is 19. The third kappa shape index (κ3) is 9.79. The summed E-state index contributed by atoms with van der Waals surface area (Å²) in [6, 6.07) is 7.37. The molecule has 3 aromatic rings. The highest BCUT2D eigenvalue weighted by atomic mass is 16.5. The number of nitrogens with zero attached hydrogens (tertiary/aromatic N) is 4. The number of hydrogen-bond donors (Lipinski definition) is 0. The fourth-order valence-electron chi connectivity index (χ4n) is 6.10. The van der Waals surface area contributed by atoms with Crippen LogP contribution < -0.4 is 0 Å². The van der Waals surface area contributed by atoms with Gasteiger partial charge in [0.25, 0.3) is 0 Å². The summed E-state index contributed by atoms with van der Waals surface area (Å²) in [5.74, 6) is -2.79. The van der Waals surface area contributed by atoms with Gasteiger partial charge >= 0.3 is 23.9 Å². The summed E-state index contributed by atoms with van der Waals surface area (Å²) >= 11 is 0. The summed E-state index contributed by atoms with van der Waals surface area (Å²) in [4.78, 5) is 59.6. The molecule has 12 heteroatoms. The molecule has 1 aromatic carbocycles. The number of hydrogen-bond acceptors (Lipinski definition) is 10. The molecule has 0 bridgehead atoms. The average Bonchev–Trinajstić information content (AvgIpc) is 4.04. The molecule has 0 saturated heterocycles. The molecule has 0 spiro atoms. The van der Waals surface area contributed by atoms with Crippen molar-refractivity contribution in [3.8, 4) is 0 Å². The molecule has 4 unspecified atom stereocenters. The van der Waals surface area contributed by atoms with E-state index in [0.29, 0.717) is 19.3 Å². The van der Waals surface area contributed by atoms with Crippen LogP contribution in [0.5, 0.6) is 0 Å². The van der Waals surface area contributed by atoms with E-state index in [-0.39, 0.29) is 74.0 Å². The number of carbonyl (C=O) groups excluding carboxylic acids is 4. The van der Waals surface area contributed by atoms with Gasteiger partial charge in [0.15, 0.2) is 0 Å². The third-order valence-corrected chi connectivity index (χ3v) is 9.61. The van der Waals surface area contributed by atoms with Gasteiger partial charge in [-0.3, -0.25) is 19.2 Å². The third-order valence-electron chi connectivity index (χ3n) is 9.61. The van der Waals surface area contributed by atoms with Crippen molar-refractivity contribution in [2.45, 2.75) is 77.9 Å². The number of esters is 4. The van der Waals surface area contributed by atoms with Crippen LogP contribution in [0.15, 0.2) is 49.3 Å². The maximum Gasteiger partial charge on any atom is 0.310 e. The number of aromatic nitrogens is 4. The Balaban J connectivity index is 1.14. The summed E-state index contributed by atoms with van der Waals surface area (Å²) < 4.78 is 26.5. The van der Waals surface area contributed by atoms with Gasteiger partial charge in [-0.25, -0.2) is 9.97 Å². The zero-order chi connectivity index (χ0) is 34.9. The number of ether oxygens (including phenoxy) is 4. The molecule has 2 aromatic heterocycles. The lowest BCUT2D eigenvalue weighted by atomic mass is 9.87.